The van der Waals surface area contributed by atoms with Gasteiger partial charge in [0.15, 0.2) is 0 Å². The average Bonchev–Trinajstić information content (AvgIpc) is 2.39. The highest BCUT2D eigenvalue weighted by Gasteiger charge is 2.25. The average molecular weight is 281 g/mol. The fourth-order valence-corrected chi connectivity index (χ4v) is 2.53. The molecular formula is C16H27NO3. The summed E-state index contributed by atoms with van der Waals surface area (Å²) in [5.41, 5.74) is 2.87. The first-order valence-electron chi connectivity index (χ1n) is 7.21. The van der Waals surface area contributed by atoms with Crippen LogP contribution in [0, 0.1) is 19.8 Å². The van der Waals surface area contributed by atoms with Crippen molar-refractivity contribution in [2.24, 2.45) is 5.92 Å². The summed E-state index contributed by atoms with van der Waals surface area (Å²) in [7, 11) is 1.66. The molecule has 114 valence electrons. The van der Waals surface area contributed by atoms with E-state index in [9.17, 15) is 5.11 Å². The minimum absolute atomic E-state index is 0.173. The number of methoxy groups -OCH3 is 1. The zero-order valence-corrected chi connectivity index (χ0v) is 13.4. The van der Waals surface area contributed by atoms with E-state index in [0.29, 0.717) is 13.0 Å². The summed E-state index contributed by atoms with van der Waals surface area (Å²) >= 11 is 0. The SMILES string of the molecule is CCOC(C(C)C)C(O)Cc1ncc(C)c(OC)c1C. The van der Waals surface area contributed by atoms with Crippen LogP contribution in [0.15, 0.2) is 6.20 Å². The van der Waals surface area contributed by atoms with E-state index in [-0.39, 0.29) is 12.0 Å². The third-order valence-corrected chi connectivity index (χ3v) is 3.55. The summed E-state index contributed by atoms with van der Waals surface area (Å²) in [6.07, 6.45) is 1.53. The number of ether oxygens (including phenoxy) is 2. The van der Waals surface area contributed by atoms with Gasteiger partial charge >= 0.3 is 0 Å². The summed E-state index contributed by atoms with van der Waals surface area (Å²) in [5, 5.41) is 10.4. The van der Waals surface area contributed by atoms with Gasteiger partial charge in [-0.05, 0) is 26.7 Å². The first-order chi connectivity index (χ1) is 9.42. The van der Waals surface area contributed by atoms with Crippen LogP contribution in [0.3, 0.4) is 0 Å². The molecule has 1 aromatic rings. The summed E-state index contributed by atoms with van der Waals surface area (Å²) in [5.74, 6) is 1.11. The highest BCUT2D eigenvalue weighted by Crippen LogP contribution is 2.25. The lowest BCUT2D eigenvalue weighted by atomic mass is 9.96. The van der Waals surface area contributed by atoms with Gasteiger partial charge in [-0.15, -0.1) is 0 Å². The molecule has 0 saturated heterocycles. The van der Waals surface area contributed by atoms with Crippen LogP contribution in [0.5, 0.6) is 5.75 Å². The number of aliphatic hydroxyl groups excluding tert-OH is 1. The van der Waals surface area contributed by atoms with Gasteiger partial charge in [-0.25, -0.2) is 0 Å². The molecule has 0 aliphatic carbocycles. The number of rotatable bonds is 7. The molecule has 0 aliphatic heterocycles. The summed E-state index contributed by atoms with van der Waals surface area (Å²) in [4.78, 5) is 4.43. The molecule has 0 saturated carbocycles. The van der Waals surface area contributed by atoms with Crippen molar-refractivity contribution in [3.8, 4) is 5.75 Å². The van der Waals surface area contributed by atoms with Crippen molar-refractivity contribution in [3.63, 3.8) is 0 Å². The molecule has 2 atom stereocenters. The number of hydrogen-bond donors (Lipinski definition) is 1. The quantitative estimate of drug-likeness (QED) is 0.835. The van der Waals surface area contributed by atoms with E-state index in [1.165, 1.54) is 0 Å². The highest BCUT2D eigenvalue weighted by atomic mass is 16.5. The van der Waals surface area contributed by atoms with Gasteiger partial charge in [0.2, 0.25) is 0 Å². The molecule has 4 nitrogen and oxygen atoms in total. The third kappa shape index (κ3) is 3.93. The van der Waals surface area contributed by atoms with Crippen LogP contribution in [0.25, 0.3) is 0 Å². The summed E-state index contributed by atoms with van der Waals surface area (Å²) in [6, 6.07) is 0. The third-order valence-electron chi connectivity index (χ3n) is 3.55. The van der Waals surface area contributed by atoms with E-state index >= 15 is 0 Å². The molecular weight excluding hydrogens is 254 g/mol. The summed E-state index contributed by atoms with van der Waals surface area (Å²) < 4.78 is 11.0. The predicted molar refractivity (Wildman–Crippen MR) is 80.2 cm³/mol. The molecule has 0 aliphatic rings. The van der Waals surface area contributed by atoms with Gasteiger partial charge in [-0.2, -0.15) is 0 Å². The molecule has 20 heavy (non-hydrogen) atoms. The molecule has 0 amide bonds. The Morgan fingerprint density at radius 3 is 2.45 bits per heavy atom. The number of aryl methyl sites for hydroxylation is 1. The Balaban J connectivity index is 2.92. The topological polar surface area (TPSA) is 51.6 Å². The second-order valence-corrected chi connectivity index (χ2v) is 5.48. The summed E-state index contributed by atoms with van der Waals surface area (Å²) in [6.45, 7) is 10.6. The smallest absolute Gasteiger partial charge is 0.128 e. The molecule has 0 spiro atoms. The number of hydrogen-bond acceptors (Lipinski definition) is 4. The molecule has 2 unspecified atom stereocenters. The van der Waals surface area contributed by atoms with Crippen molar-refractivity contribution in [2.45, 2.75) is 53.2 Å². The Hall–Kier alpha value is -1.13. The van der Waals surface area contributed by atoms with Gasteiger partial charge in [0, 0.05) is 36.0 Å². The Labute approximate surface area is 122 Å². The molecule has 4 heteroatoms. The van der Waals surface area contributed by atoms with Gasteiger partial charge in [0.05, 0.1) is 19.3 Å². The second kappa shape index (κ2) is 7.60. The van der Waals surface area contributed by atoms with Crippen molar-refractivity contribution in [3.05, 3.63) is 23.0 Å². The maximum atomic E-state index is 10.4. The maximum Gasteiger partial charge on any atom is 0.128 e. The van der Waals surface area contributed by atoms with Crippen molar-refractivity contribution in [1.82, 2.24) is 4.98 Å². The van der Waals surface area contributed by atoms with Gasteiger partial charge in [0.1, 0.15) is 5.75 Å². The van der Waals surface area contributed by atoms with Crippen LogP contribution in [-0.4, -0.2) is 36.0 Å². The molecule has 1 heterocycles. The van der Waals surface area contributed by atoms with Gasteiger partial charge in [-0.3, -0.25) is 4.98 Å². The Morgan fingerprint density at radius 2 is 1.95 bits per heavy atom. The second-order valence-electron chi connectivity index (χ2n) is 5.48. The Bertz CT molecular complexity index is 432. The van der Waals surface area contributed by atoms with E-state index in [2.05, 4.69) is 18.8 Å². The number of aliphatic hydroxyl groups is 1. The molecule has 0 radical (unpaired) electrons. The zero-order chi connectivity index (χ0) is 15.3. The van der Waals surface area contributed by atoms with Crippen LogP contribution in [0.2, 0.25) is 0 Å². The van der Waals surface area contributed by atoms with Crippen molar-refractivity contribution in [1.29, 1.82) is 0 Å². The number of pyridine rings is 1. The van der Waals surface area contributed by atoms with E-state index < -0.39 is 6.10 Å². The molecule has 1 N–H and O–H groups in total. The lowest BCUT2D eigenvalue weighted by Crippen LogP contribution is -2.35. The maximum absolute atomic E-state index is 10.4. The van der Waals surface area contributed by atoms with E-state index in [1.807, 2.05) is 20.8 Å². The van der Waals surface area contributed by atoms with Crippen molar-refractivity contribution < 1.29 is 14.6 Å². The lowest BCUT2D eigenvalue weighted by molar-refractivity contribution is -0.0566. The first kappa shape index (κ1) is 16.9. The largest absolute Gasteiger partial charge is 0.496 e. The minimum atomic E-state index is -0.562. The van der Waals surface area contributed by atoms with Gasteiger partial charge in [-0.1, -0.05) is 13.8 Å². The predicted octanol–water partition coefficient (Wildman–Crippen LogP) is 2.67. The fraction of sp³-hybridized carbons (Fsp3) is 0.688. The molecule has 0 aromatic carbocycles. The normalized spacial score (nSPS) is 14.4. The zero-order valence-electron chi connectivity index (χ0n) is 13.4. The monoisotopic (exact) mass is 281 g/mol. The highest BCUT2D eigenvalue weighted by molar-refractivity contribution is 5.41. The Kier molecular flexibility index (Phi) is 6.43. The van der Waals surface area contributed by atoms with Crippen LogP contribution in [-0.2, 0) is 11.2 Å². The Morgan fingerprint density at radius 1 is 1.30 bits per heavy atom. The molecule has 1 aromatic heterocycles. The molecule has 0 fully saturated rings. The van der Waals surface area contributed by atoms with Crippen LogP contribution >= 0.6 is 0 Å². The molecule has 0 bridgehead atoms. The first-order valence-corrected chi connectivity index (χ1v) is 7.21. The van der Waals surface area contributed by atoms with Crippen LogP contribution in [0.1, 0.15) is 37.6 Å². The van der Waals surface area contributed by atoms with Crippen LogP contribution in [0.4, 0.5) is 0 Å². The number of nitrogens with zero attached hydrogens (tertiary/aromatic N) is 1. The van der Waals surface area contributed by atoms with E-state index in [0.717, 1.165) is 22.6 Å². The van der Waals surface area contributed by atoms with E-state index in [4.69, 9.17) is 9.47 Å². The van der Waals surface area contributed by atoms with Gasteiger partial charge in [0.25, 0.3) is 0 Å². The van der Waals surface area contributed by atoms with Crippen molar-refractivity contribution in [2.75, 3.05) is 13.7 Å². The number of aromatic nitrogens is 1. The standard InChI is InChI=1S/C16H27NO3/c1-7-20-15(10(2)3)14(18)8-13-12(5)16(19-6)11(4)9-17-13/h9-10,14-15,18H,7-8H2,1-6H3. The van der Waals surface area contributed by atoms with Gasteiger partial charge < -0.3 is 14.6 Å². The minimum Gasteiger partial charge on any atom is -0.496 e. The lowest BCUT2D eigenvalue weighted by Gasteiger charge is -2.26. The molecule has 1 rings (SSSR count). The van der Waals surface area contributed by atoms with Crippen molar-refractivity contribution >= 4 is 0 Å². The fourth-order valence-electron chi connectivity index (χ4n) is 2.53. The van der Waals surface area contributed by atoms with Crippen LogP contribution < -0.4 is 4.74 Å². The van der Waals surface area contributed by atoms with E-state index in [1.54, 1.807) is 13.3 Å².